The lowest BCUT2D eigenvalue weighted by Crippen LogP contribution is -2.19. The highest BCUT2D eigenvalue weighted by Crippen LogP contribution is 2.21. The van der Waals surface area contributed by atoms with Gasteiger partial charge in [-0.25, -0.2) is 5.43 Å². The minimum atomic E-state index is -0.237. The van der Waals surface area contributed by atoms with Gasteiger partial charge in [-0.2, -0.15) is 5.10 Å². The molecular weight excluding hydrogens is 309 g/mol. The highest BCUT2D eigenvalue weighted by atomic mass is 35.5. The molecule has 0 aromatic heterocycles. The third kappa shape index (κ3) is 4.48. The second kappa shape index (κ2) is 7.11. The molecule has 21 heavy (non-hydrogen) atoms. The number of anilines is 1. The van der Waals surface area contributed by atoms with E-state index in [-0.39, 0.29) is 12.3 Å². The van der Waals surface area contributed by atoms with E-state index >= 15 is 0 Å². The third-order valence-electron chi connectivity index (χ3n) is 2.73. The summed E-state index contributed by atoms with van der Waals surface area (Å²) in [5.41, 5.74) is 10.1. The Kier molecular flexibility index (Phi) is 5.20. The van der Waals surface area contributed by atoms with Gasteiger partial charge in [-0.3, -0.25) is 4.79 Å². The Bertz CT molecular complexity index is 649. The van der Waals surface area contributed by atoms with Crippen molar-refractivity contribution in [3.05, 3.63) is 63.6 Å². The summed E-state index contributed by atoms with van der Waals surface area (Å²) in [7, 11) is 0. The number of nitrogens with zero attached hydrogens (tertiary/aromatic N) is 1. The smallest absolute Gasteiger partial charge is 0.244 e. The Balaban J connectivity index is 1.95. The van der Waals surface area contributed by atoms with Crippen LogP contribution in [0.15, 0.2) is 47.6 Å². The molecule has 0 heterocycles. The fourth-order valence-electron chi connectivity index (χ4n) is 1.66. The summed E-state index contributed by atoms with van der Waals surface area (Å²) in [5, 5.41) is 4.80. The predicted octanol–water partition coefficient (Wildman–Crippen LogP) is 3.27. The van der Waals surface area contributed by atoms with Gasteiger partial charge < -0.3 is 5.73 Å². The van der Waals surface area contributed by atoms with E-state index in [1.54, 1.807) is 42.5 Å². The minimum Gasteiger partial charge on any atom is -0.399 e. The van der Waals surface area contributed by atoms with Crippen LogP contribution < -0.4 is 11.2 Å². The maximum absolute atomic E-state index is 11.7. The molecule has 0 saturated heterocycles. The first-order chi connectivity index (χ1) is 10.1. The number of carbonyl (C=O) groups is 1. The average Bonchev–Trinajstić information content (AvgIpc) is 2.45. The molecule has 1 amide bonds. The number of halogens is 2. The zero-order valence-corrected chi connectivity index (χ0v) is 12.5. The molecule has 0 aliphatic carbocycles. The molecule has 2 rings (SSSR count). The summed E-state index contributed by atoms with van der Waals surface area (Å²) in [5.74, 6) is -0.237. The van der Waals surface area contributed by atoms with E-state index in [1.165, 1.54) is 6.21 Å². The standard InChI is InChI=1S/C15H13Cl2N3O/c16-13-2-1-3-14(17)12(13)9-19-20-15(21)8-10-4-6-11(18)7-5-10/h1-7,9H,8,18H2,(H,20,21)/b19-9-. The van der Waals surface area contributed by atoms with Gasteiger partial charge in [-0.15, -0.1) is 0 Å². The van der Waals surface area contributed by atoms with Gasteiger partial charge in [0.25, 0.3) is 0 Å². The number of hydrogen-bond donors (Lipinski definition) is 2. The summed E-state index contributed by atoms with van der Waals surface area (Å²) in [4.78, 5) is 11.7. The van der Waals surface area contributed by atoms with Crippen molar-refractivity contribution < 1.29 is 4.79 Å². The number of hydrazone groups is 1. The van der Waals surface area contributed by atoms with Crippen molar-refractivity contribution in [1.29, 1.82) is 0 Å². The van der Waals surface area contributed by atoms with Gasteiger partial charge in [0, 0.05) is 11.3 Å². The molecule has 4 nitrogen and oxygen atoms in total. The van der Waals surface area contributed by atoms with E-state index in [0.29, 0.717) is 21.3 Å². The van der Waals surface area contributed by atoms with Gasteiger partial charge >= 0.3 is 0 Å². The molecule has 6 heteroatoms. The van der Waals surface area contributed by atoms with Crippen LogP contribution in [0.4, 0.5) is 5.69 Å². The predicted molar refractivity (Wildman–Crippen MR) is 86.8 cm³/mol. The number of nitrogens with one attached hydrogen (secondary N) is 1. The van der Waals surface area contributed by atoms with E-state index in [0.717, 1.165) is 5.56 Å². The van der Waals surface area contributed by atoms with Gasteiger partial charge in [-0.05, 0) is 29.8 Å². The van der Waals surface area contributed by atoms with Crippen molar-refractivity contribution in [3.8, 4) is 0 Å². The van der Waals surface area contributed by atoms with Crippen LogP contribution >= 0.6 is 23.2 Å². The van der Waals surface area contributed by atoms with Crippen LogP contribution in [-0.4, -0.2) is 12.1 Å². The molecule has 0 fully saturated rings. The zero-order chi connectivity index (χ0) is 15.2. The molecule has 3 N–H and O–H groups in total. The largest absolute Gasteiger partial charge is 0.399 e. The second-order valence-electron chi connectivity index (χ2n) is 4.35. The first-order valence-electron chi connectivity index (χ1n) is 6.16. The maximum Gasteiger partial charge on any atom is 0.244 e. The maximum atomic E-state index is 11.7. The second-order valence-corrected chi connectivity index (χ2v) is 5.16. The van der Waals surface area contributed by atoms with Gasteiger partial charge in [0.1, 0.15) is 0 Å². The number of benzene rings is 2. The Morgan fingerprint density at radius 3 is 2.38 bits per heavy atom. The highest BCUT2D eigenvalue weighted by molar-refractivity contribution is 6.38. The van der Waals surface area contributed by atoms with Crippen LogP contribution in [0.2, 0.25) is 10.0 Å². The van der Waals surface area contributed by atoms with Crippen molar-refractivity contribution in [2.24, 2.45) is 5.10 Å². The van der Waals surface area contributed by atoms with Crippen LogP contribution in [0.25, 0.3) is 0 Å². The van der Waals surface area contributed by atoms with Gasteiger partial charge in [0.15, 0.2) is 0 Å². The third-order valence-corrected chi connectivity index (χ3v) is 3.39. The number of amides is 1. The first kappa shape index (κ1) is 15.4. The lowest BCUT2D eigenvalue weighted by molar-refractivity contribution is -0.120. The molecule has 0 spiro atoms. The topological polar surface area (TPSA) is 67.5 Å². The normalized spacial score (nSPS) is 10.8. The Labute approximate surface area is 132 Å². The van der Waals surface area contributed by atoms with Crippen molar-refractivity contribution in [2.45, 2.75) is 6.42 Å². The minimum absolute atomic E-state index is 0.216. The molecule has 0 radical (unpaired) electrons. The molecule has 0 aliphatic rings. The molecular formula is C15H13Cl2N3O. The number of nitrogens with two attached hydrogens (primary N) is 1. The summed E-state index contributed by atoms with van der Waals surface area (Å²) >= 11 is 12.0. The number of carbonyl (C=O) groups excluding carboxylic acids is 1. The van der Waals surface area contributed by atoms with Crippen molar-refractivity contribution in [2.75, 3.05) is 5.73 Å². The van der Waals surface area contributed by atoms with Gasteiger partial charge in [0.05, 0.1) is 22.7 Å². The molecule has 2 aromatic carbocycles. The van der Waals surface area contributed by atoms with E-state index in [2.05, 4.69) is 10.5 Å². The molecule has 0 atom stereocenters. The average molecular weight is 322 g/mol. The fraction of sp³-hybridized carbons (Fsp3) is 0.0667. The first-order valence-corrected chi connectivity index (χ1v) is 6.92. The molecule has 108 valence electrons. The molecule has 2 aromatic rings. The van der Waals surface area contributed by atoms with Crippen LogP contribution in [0.5, 0.6) is 0 Å². The van der Waals surface area contributed by atoms with Crippen molar-refractivity contribution in [1.82, 2.24) is 5.43 Å². The van der Waals surface area contributed by atoms with Crippen LogP contribution in [0, 0.1) is 0 Å². The van der Waals surface area contributed by atoms with E-state index < -0.39 is 0 Å². The van der Waals surface area contributed by atoms with E-state index in [4.69, 9.17) is 28.9 Å². The molecule has 0 saturated carbocycles. The monoisotopic (exact) mass is 321 g/mol. The molecule has 0 bridgehead atoms. The summed E-state index contributed by atoms with van der Waals surface area (Å²) in [6, 6.07) is 12.2. The fourth-order valence-corrected chi connectivity index (χ4v) is 2.16. The number of nitrogen functional groups attached to an aromatic ring is 1. The van der Waals surface area contributed by atoms with E-state index in [9.17, 15) is 4.79 Å². The highest BCUT2D eigenvalue weighted by Gasteiger charge is 2.04. The Hall–Kier alpha value is -2.04. The van der Waals surface area contributed by atoms with Crippen LogP contribution in [0.3, 0.4) is 0 Å². The summed E-state index contributed by atoms with van der Waals surface area (Å²) < 4.78 is 0. The van der Waals surface area contributed by atoms with Gasteiger partial charge in [-0.1, -0.05) is 41.4 Å². The van der Waals surface area contributed by atoms with Crippen LogP contribution in [0.1, 0.15) is 11.1 Å². The Morgan fingerprint density at radius 1 is 1.14 bits per heavy atom. The molecule has 0 aliphatic heterocycles. The quantitative estimate of drug-likeness (QED) is 0.515. The zero-order valence-electron chi connectivity index (χ0n) is 11.0. The van der Waals surface area contributed by atoms with Gasteiger partial charge in [0.2, 0.25) is 5.91 Å². The number of hydrogen-bond acceptors (Lipinski definition) is 3. The van der Waals surface area contributed by atoms with Crippen molar-refractivity contribution in [3.63, 3.8) is 0 Å². The van der Waals surface area contributed by atoms with E-state index in [1.807, 2.05) is 0 Å². The summed E-state index contributed by atoms with van der Waals surface area (Å²) in [6.45, 7) is 0. The van der Waals surface area contributed by atoms with Crippen LogP contribution in [-0.2, 0) is 11.2 Å². The molecule has 0 unspecified atom stereocenters. The lowest BCUT2D eigenvalue weighted by atomic mass is 10.1. The summed E-state index contributed by atoms with van der Waals surface area (Å²) in [6.07, 6.45) is 1.64. The number of rotatable bonds is 4. The lowest BCUT2D eigenvalue weighted by Gasteiger charge is -2.02. The van der Waals surface area contributed by atoms with Crippen molar-refractivity contribution >= 4 is 41.0 Å². The SMILES string of the molecule is Nc1ccc(CC(=O)N/N=C\c2c(Cl)cccc2Cl)cc1. The Morgan fingerprint density at radius 2 is 1.76 bits per heavy atom.